The van der Waals surface area contributed by atoms with Gasteiger partial charge in [0, 0.05) is 21.5 Å². The smallest absolute Gasteiger partial charge is 0.232 e. The Labute approximate surface area is 175 Å². The van der Waals surface area contributed by atoms with Crippen LogP contribution in [-0.2, 0) is 11.3 Å². The van der Waals surface area contributed by atoms with E-state index in [1.165, 1.54) is 11.0 Å². The van der Waals surface area contributed by atoms with E-state index in [-0.39, 0.29) is 17.3 Å². The quantitative estimate of drug-likeness (QED) is 0.613. The number of allylic oxidation sites excluding steroid dienone is 1. The molecule has 1 aromatic heterocycles. The van der Waals surface area contributed by atoms with Gasteiger partial charge >= 0.3 is 0 Å². The van der Waals surface area contributed by atoms with Gasteiger partial charge in [-0.05, 0) is 30.3 Å². The third-order valence-electron chi connectivity index (χ3n) is 5.30. The fourth-order valence-corrected chi connectivity index (χ4v) is 4.16. The van der Waals surface area contributed by atoms with Gasteiger partial charge in [0.2, 0.25) is 5.78 Å². The van der Waals surface area contributed by atoms with Crippen LogP contribution in [0.1, 0.15) is 21.7 Å². The molecule has 0 saturated carbocycles. The Morgan fingerprint density at radius 3 is 2.79 bits per heavy atom. The number of hydrogen-bond acceptors (Lipinski definition) is 5. The standard InChI is InChI=1S/C22H18BrNO5/c23-14-1-4-19-13(9-14)10-15(28-19)11-20-21(26)16-2-3-18(25)17(22(16)29-20)12-24-5-7-27-8-6-24/h1-4,9-11,25H,5-8,12H2/b20-11-. The largest absolute Gasteiger partial charge is 0.872 e. The minimum atomic E-state index is -0.236. The molecule has 5 rings (SSSR count). The van der Waals surface area contributed by atoms with Gasteiger partial charge in [-0.15, -0.1) is 0 Å². The van der Waals surface area contributed by atoms with Crippen molar-refractivity contribution in [1.82, 2.24) is 0 Å². The van der Waals surface area contributed by atoms with Crippen molar-refractivity contribution in [3.8, 4) is 11.5 Å². The molecule has 2 aliphatic rings. The van der Waals surface area contributed by atoms with Crippen LogP contribution in [0.25, 0.3) is 17.0 Å². The zero-order valence-corrected chi connectivity index (χ0v) is 17.1. The van der Waals surface area contributed by atoms with Crippen LogP contribution in [0.5, 0.6) is 11.5 Å². The monoisotopic (exact) mass is 455 g/mol. The normalized spacial score (nSPS) is 18.4. The average molecular weight is 456 g/mol. The molecule has 0 atom stereocenters. The molecule has 3 aromatic rings. The third-order valence-corrected chi connectivity index (χ3v) is 5.79. The fraction of sp³-hybridized carbons (Fsp3) is 0.227. The van der Waals surface area contributed by atoms with Crippen LogP contribution in [-0.4, -0.2) is 32.1 Å². The minimum absolute atomic E-state index is 0.106. The van der Waals surface area contributed by atoms with E-state index in [2.05, 4.69) is 15.9 Å². The Morgan fingerprint density at radius 2 is 1.97 bits per heavy atom. The van der Waals surface area contributed by atoms with E-state index < -0.39 is 0 Å². The lowest BCUT2D eigenvalue weighted by molar-refractivity contribution is -0.921. The number of furan rings is 1. The van der Waals surface area contributed by atoms with Crippen LogP contribution < -0.4 is 14.7 Å². The molecule has 1 N–H and O–H groups in total. The average Bonchev–Trinajstić information content (AvgIpc) is 3.25. The van der Waals surface area contributed by atoms with Gasteiger partial charge in [0.25, 0.3) is 0 Å². The van der Waals surface area contributed by atoms with Crippen molar-refractivity contribution in [3.05, 3.63) is 63.5 Å². The van der Waals surface area contributed by atoms with E-state index >= 15 is 0 Å². The zero-order valence-electron chi connectivity index (χ0n) is 15.5. The lowest BCUT2D eigenvalue weighted by atomic mass is 10.0. The maximum atomic E-state index is 12.9. The molecule has 3 heterocycles. The molecule has 1 fully saturated rings. The van der Waals surface area contributed by atoms with Crippen molar-refractivity contribution < 1.29 is 28.7 Å². The first-order valence-electron chi connectivity index (χ1n) is 9.46. The highest BCUT2D eigenvalue weighted by Gasteiger charge is 2.31. The number of rotatable bonds is 3. The zero-order chi connectivity index (χ0) is 20.0. The highest BCUT2D eigenvalue weighted by atomic mass is 79.9. The number of ether oxygens (including phenoxy) is 2. The van der Waals surface area contributed by atoms with Crippen molar-refractivity contribution in [2.24, 2.45) is 0 Å². The van der Waals surface area contributed by atoms with Crippen LogP contribution in [0, 0.1) is 0 Å². The minimum Gasteiger partial charge on any atom is -0.872 e. The summed E-state index contributed by atoms with van der Waals surface area (Å²) in [7, 11) is 0. The van der Waals surface area contributed by atoms with Crippen molar-refractivity contribution in [3.63, 3.8) is 0 Å². The van der Waals surface area contributed by atoms with Crippen molar-refractivity contribution >= 4 is 38.8 Å². The summed E-state index contributed by atoms with van der Waals surface area (Å²) in [6.45, 7) is 3.52. The number of carbonyl (C=O) groups is 1. The van der Waals surface area contributed by atoms with Gasteiger partial charge in [-0.2, -0.15) is 0 Å². The Hall–Kier alpha value is -2.61. The van der Waals surface area contributed by atoms with E-state index in [1.54, 1.807) is 12.1 Å². The summed E-state index contributed by atoms with van der Waals surface area (Å²) in [5.41, 5.74) is 1.70. The number of halogens is 1. The van der Waals surface area contributed by atoms with Gasteiger partial charge in [0.1, 0.15) is 36.7 Å². The fourth-order valence-electron chi connectivity index (χ4n) is 3.78. The molecule has 29 heavy (non-hydrogen) atoms. The predicted molar refractivity (Wildman–Crippen MR) is 108 cm³/mol. The number of Topliss-reactive ketones (excluding diaryl/α,β-unsaturated/α-hetero) is 1. The summed E-state index contributed by atoms with van der Waals surface area (Å²) < 4.78 is 18.0. The molecule has 6 nitrogen and oxygen atoms in total. The van der Waals surface area contributed by atoms with E-state index in [9.17, 15) is 9.90 Å². The Bertz CT molecular complexity index is 1140. The molecule has 0 bridgehead atoms. The van der Waals surface area contributed by atoms with E-state index in [4.69, 9.17) is 13.9 Å². The number of ketones is 1. The second-order valence-electron chi connectivity index (χ2n) is 7.23. The molecular formula is C22H18BrNO5. The first-order valence-corrected chi connectivity index (χ1v) is 10.3. The van der Waals surface area contributed by atoms with Gasteiger partial charge in [-0.25, -0.2) is 0 Å². The van der Waals surface area contributed by atoms with Crippen molar-refractivity contribution in [2.45, 2.75) is 6.54 Å². The molecule has 148 valence electrons. The van der Waals surface area contributed by atoms with Crippen LogP contribution in [0.4, 0.5) is 0 Å². The van der Waals surface area contributed by atoms with Gasteiger partial charge in [-0.1, -0.05) is 27.7 Å². The molecule has 0 radical (unpaired) electrons. The Morgan fingerprint density at radius 1 is 1.14 bits per heavy atom. The number of quaternary nitrogens is 1. The molecule has 2 aliphatic heterocycles. The predicted octanol–water partition coefficient (Wildman–Crippen LogP) is 2.30. The van der Waals surface area contributed by atoms with Crippen LogP contribution >= 0.6 is 15.9 Å². The lowest BCUT2D eigenvalue weighted by Gasteiger charge is -2.26. The van der Waals surface area contributed by atoms with Gasteiger partial charge < -0.3 is 23.9 Å². The highest BCUT2D eigenvalue weighted by Crippen LogP contribution is 2.38. The molecule has 0 aliphatic carbocycles. The number of carbonyl (C=O) groups excluding carboxylic acids is 1. The summed E-state index contributed by atoms with van der Waals surface area (Å²) in [6.07, 6.45) is 1.59. The van der Waals surface area contributed by atoms with Crippen LogP contribution in [0.2, 0.25) is 0 Å². The lowest BCUT2D eigenvalue weighted by Crippen LogP contribution is -3.12. The molecule has 0 amide bonds. The summed E-state index contributed by atoms with van der Waals surface area (Å²) in [6, 6.07) is 10.6. The Balaban J connectivity index is 1.47. The molecule has 7 heteroatoms. The van der Waals surface area contributed by atoms with Gasteiger partial charge in [0.05, 0.1) is 18.8 Å². The summed E-state index contributed by atoms with van der Waals surface area (Å²) in [5, 5.41) is 13.4. The second kappa shape index (κ2) is 7.33. The molecule has 0 spiro atoms. The summed E-state index contributed by atoms with van der Waals surface area (Å²) in [4.78, 5) is 14.1. The third kappa shape index (κ3) is 3.46. The number of nitrogens with one attached hydrogen (secondary N) is 1. The highest BCUT2D eigenvalue weighted by molar-refractivity contribution is 9.10. The maximum absolute atomic E-state index is 12.9. The summed E-state index contributed by atoms with van der Waals surface area (Å²) >= 11 is 3.44. The SMILES string of the molecule is O=C1/C(=C/c2cc3cc(Br)ccc3o2)Oc2c1ccc([O-])c2C[NH+]1CCOCC1. The van der Waals surface area contributed by atoms with Crippen molar-refractivity contribution in [1.29, 1.82) is 0 Å². The van der Waals surface area contributed by atoms with E-state index in [1.807, 2.05) is 24.3 Å². The summed E-state index contributed by atoms with van der Waals surface area (Å²) in [5.74, 6) is 0.732. The number of morpholine rings is 1. The molecular weight excluding hydrogens is 438 g/mol. The maximum Gasteiger partial charge on any atom is 0.232 e. The van der Waals surface area contributed by atoms with Crippen molar-refractivity contribution in [2.75, 3.05) is 26.3 Å². The van der Waals surface area contributed by atoms with Crippen LogP contribution in [0.3, 0.4) is 0 Å². The first kappa shape index (κ1) is 18.4. The van der Waals surface area contributed by atoms with E-state index in [0.29, 0.717) is 42.4 Å². The molecule has 1 saturated heterocycles. The molecule has 2 aromatic carbocycles. The second-order valence-corrected chi connectivity index (χ2v) is 8.14. The number of benzene rings is 2. The number of fused-ring (bicyclic) bond motifs is 2. The Kier molecular flexibility index (Phi) is 4.66. The first-order chi connectivity index (χ1) is 14.1. The van der Waals surface area contributed by atoms with Gasteiger partial charge in [-0.3, -0.25) is 4.79 Å². The van der Waals surface area contributed by atoms with Crippen LogP contribution in [0.15, 0.2) is 51.0 Å². The molecule has 0 unspecified atom stereocenters. The van der Waals surface area contributed by atoms with E-state index in [0.717, 1.165) is 28.5 Å². The van der Waals surface area contributed by atoms with Gasteiger partial charge in [0.15, 0.2) is 5.76 Å². The number of hydrogen-bond donors (Lipinski definition) is 1. The topological polar surface area (TPSA) is 76.2 Å².